The number of hydrogen-bond donors (Lipinski definition) is 0. The average molecular weight is 652 g/mol. The molecule has 0 radical (unpaired) electrons. The van der Waals surface area contributed by atoms with Gasteiger partial charge in [0.1, 0.15) is 0 Å². The Bertz CT molecular complexity index is 170. The molecule has 0 aliphatic rings. The first-order valence-corrected chi connectivity index (χ1v) is 10.1. The normalized spacial score (nSPS) is 5.47. The van der Waals surface area contributed by atoms with Crippen LogP contribution < -0.4 is 29.5 Å². The summed E-state index contributed by atoms with van der Waals surface area (Å²) >= 11 is -16.3. The van der Waals surface area contributed by atoms with Gasteiger partial charge < -0.3 is 0 Å². The zero-order chi connectivity index (χ0) is 14.3. The average Bonchev–Trinajstić information content (AvgIpc) is 1.76. The Hall–Kier alpha value is 5.45. The summed E-state index contributed by atoms with van der Waals surface area (Å²) in [6, 6.07) is 0. The molecule has 0 heterocycles. The molecule has 0 aliphatic heterocycles. The van der Waals surface area contributed by atoms with Crippen LogP contribution in [0.15, 0.2) is 0 Å². The molecule has 0 unspecified atom stereocenters. The van der Waals surface area contributed by atoms with E-state index in [0.29, 0.717) is 0 Å². The Morgan fingerprint density at radius 1 is 0.474 bits per heavy atom. The van der Waals surface area contributed by atoms with Crippen LogP contribution in [0.4, 0.5) is 0 Å². The first kappa shape index (κ1) is 44.2. The molecule has 0 saturated carbocycles. The van der Waals surface area contributed by atoms with E-state index in [1.54, 1.807) is 0 Å². The second-order valence-corrected chi connectivity index (χ2v) is 4.12. The van der Waals surface area contributed by atoms with E-state index in [1.165, 1.54) is 0 Å². The minimum absolute atomic E-state index is 0. The van der Waals surface area contributed by atoms with Gasteiger partial charge in [-0.05, 0) is 0 Å². The molecule has 19 heavy (non-hydrogen) atoms. The Labute approximate surface area is 224 Å². The smallest absolute Gasteiger partial charge is 4.00 e. The van der Waals surface area contributed by atoms with Crippen LogP contribution in [0, 0.1) is 0 Å². The molecule has 0 saturated heterocycles. The minimum Gasteiger partial charge on any atom is 4.00 e. The van der Waals surface area contributed by atoms with Gasteiger partial charge in [0.2, 0.25) is 0 Å². The van der Waals surface area contributed by atoms with Crippen molar-refractivity contribution in [1.82, 2.24) is 0 Å². The molecule has 19 heteroatoms. The van der Waals surface area contributed by atoms with Crippen molar-refractivity contribution < 1.29 is 143 Å². The predicted molar refractivity (Wildman–Crippen MR) is 14.3 cm³/mol. The molecule has 0 spiro atoms. The first-order chi connectivity index (χ1) is 6.93. The standard InChI is InChI=1S/Ba.Ca.12O.4Ti.Zr/q2*+2;;;;;8*-1;;;;;+4. The largest absolute Gasteiger partial charge is 4.00 e. The molecular weight excluding hydrogens is 652 g/mol. The van der Waals surface area contributed by atoms with Gasteiger partial charge in [-0.1, -0.05) is 0 Å². The fraction of sp³-hybridized carbons (Fsp3) is 0. The zero-order valence-electron chi connectivity index (χ0n) is 8.81. The van der Waals surface area contributed by atoms with Crippen molar-refractivity contribution >= 4 is 86.6 Å². The van der Waals surface area contributed by atoms with Crippen LogP contribution in [0.25, 0.3) is 0 Å². The maximum atomic E-state index is 8.58. The van der Waals surface area contributed by atoms with E-state index in [9.17, 15) is 0 Å². The van der Waals surface area contributed by atoms with Crippen molar-refractivity contribution in [2.45, 2.75) is 0 Å². The Morgan fingerprint density at radius 3 is 0.474 bits per heavy atom. The molecule has 0 aromatic heterocycles. The molecule has 0 bridgehead atoms. The fourth-order valence-electron chi connectivity index (χ4n) is 0. The van der Waals surface area contributed by atoms with E-state index < -0.39 is 74.5 Å². The molecular formula is BaCaO12Ti4Zr. The summed E-state index contributed by atoms with van der Waals surface area (Å²) in [5, 5.41) is 0. The predicted octanol–water partition coefficient (Wildman–Crippen LogP) is -10.8. The van der Waals surface area contributed by atoms with Crippen LogP contribution in [0.5, 0.6) is 0 Å². The number of rotatable bonds is 0. The van der Waals surface area contributed by atoms with Crippen LogP contribution in [-0.2, 0) is 114 Å². The van der Waals surface area contributed by atoms with Crippen molar-refractivity contribution in [3.63, 3.8) is 0 Å². The van der Waals surface area contributed by atoms with E-state index in [-0.39, 0.29) is 113 Å². The SMILES string of the molecule is [Ba+2].[Ca+2].[O]=[Ti]([O-])[O-].[O]=[Ti]([O-])[O-].[O]=[Ti]([O-])[O-].[O]=[Ti]([O-])[O-].[Zr+4]. The maximum Gasteiger partial charge on any atom is 4.00 e. The van der Waals surface area contributed by atoms with E-state index >= 15 is 0 Å². The summed E-state index contributed by atoms with van der Waals surface area (Å²) in [6.45, 7) is 0. The van der Waals surface area contributed by atoms with Crippen molar-refractivity contribution in [1.29, 1.82) is 0 Å². The van der Waals surface area contributed by atoms with Gasteiger partial charge in [-0.2, -0.15) is 0 Å². The second-order valence-electron chi connectivity index (χ2n) is 1.00. The van der Waals surface area contributed by atoms with E-state index in [2.05, 4.69) is 0 Å². The maximum absolute atomic E-state index is 8.58. The van der Waals surface area contributed by atoms with Crippen LogP contribution in [-0.4, -0.2) is 86.6 Å². The van der Waals surface area contributed by atoms with Gasteiger partial charge in [0, 0.05) is 0 Å². The minimum atomic E-state index is -4.08. The summed E-state index contributed by atoms with van der Waals surface area (Å²) in [5.74, 6) is 0. The van der Waals surface area contributed by atoms with Crippen molar-refractivity contribution in [2.75, 3.05) is 0 Å². The summed E-state index contributed by atoms with van der Waals surface area (Å²) < 4.78 is 103. The first-order valence-electron chi connectivity index (χ1n) is 2.45. The Balaban J connectivity index is -0.0000000192. The summed E-state index contributed by atoms with van der Waals surface area (Å²) in [7, 11) is 0. The zero-order valence-corrected chi connectivity index (χ0v) is 24.2. The third kappa shape index (κ3) is 363. The van der Waals surface area contributed by atoms with E-state index in [4.69, 9.17) is 42.8 Å². The van der Waals surface area contributed by atoms with E-state index in [1.807, 2.05) is 0 Å². The second kappa shape index (κ2) is 38.8. The molecule has 0 aliphatic carbocycles. The molecule has 0 aromatic carbocycles. The molecule has 0 amide bonds. The Morgan fingerprint density at radius 2 is 0.474 bits per heavy atom. The van der Waals surface area contributed by atoms with Gasteiger partial charge in [0.25, 0.3) is 0 Å². The molecule has 0 N–H and O–H groups in total. The molecule has 0 fully saturated rings. The van der Waals surface area contributed by atoms with Crippen molar-refractivity contribution in [2.24, 2.45) is 0 Å². The monoisotopic (exact) mass is 652 g/mol. The van der Waals surface area contributed by atoms with Gasteiger partial charge in [0.15, 0.2) is 0 Å². The van der Waals surface area contributed by atoms with Crippen molar-refractivity contribution in [3.8, 4) is 0 Å². The summed E-state index contributed by atoms with van der Waals surface area (Å²) in [6.07, 6.45) is 0. The number of hydrogen-bond acceptors (Lipinski definition) is 12. The summed E-state index contributed by atoms with van der Waals surface area (Å²) in [4.78, 5) is 0. The van der Waals surface area contributed by atoms with E-state index in [0.717, 1.165) is 0 Å². The molecule has 96 valence electrons. The molecule has 0 aromatic rings. The van der Waals surface area contributed by atoms with Crippen LogP contribution in [0.3, 0.4) is 0 Å². The van der Waals surface area contributed by atoms with Gasteiger partial charge in [-0.25, -0.2) is 0 Å². The van der Waals surface area contributed by atoms with Crippen LogP contribution >= 0.6 is 0 Å². The third-order valence-electron chi connectivity index (χ3n) is 0. The Kier molecular flexibility index (Phi) is 90.2. The van der Waals surface area contributed by atoms with Crippen LogP contribution in [0.1, 0.15) is 0 Å². The fourth-order valence-corrected chi connectivity index (χ4v) is 0. The van der Waals surface area contributed by atoms with Gasteiger partial charge in [0.05, 0.1) is 0 Å². The van der Waals surface area contributed by atoms with Crippen molar-refractivity contribution in [3.05, 3.63) is 0 Å². The van der Waals surface area contributed by atoms with Crippen LogP contribution in [0.2, 0.25) is 0 Å². The van der Waals surface area contributed by atoms with Gasteiger partial charge in [-0.3, -0.25) is 0 Å². The topological polar surface area (TPSA) is 253 Å². The van der Waals surface area contributed by atoms with Gasteiger partial charge >= 0.3 is 230 Å². The third-order valence-corrected chi connectivity index (χ3v) is 0. The molecule has 0 atom stereocenters. The summed E-state index contributed by atoms with van der Waals surface area (Å²) in [5.41, 5.74) is 0. The quantitative estimate of drug-likeness (QED) is 0.221. The molecule has 12 nitrogen and oxygen atoms in total. The molecule has 0 rings (SSSR count). The van der Waals surface area contributed by atoms with Gasteiger partial charge in [-0.15, -0.1) is 0 Å².